The second-order valence-electron chi connectivity index (χ2n) is 5.41. The van der Waals surface area contributed by atoms with Gasteiger partial charge in [0.05, 0.1) is 11.9 Å². The summed E-state index contributed by atoms with van der Waals surface area (Å²) in [5.74, 6) is 0.646. The second-order valence-corrected chi connectivity index (χ2v) is 5.41. The van der Waals surface area contributed by atoms with Gasteiger partial charge in [0.15, 0.2) is 0 Å². The number of aryl methyl sites for hydroxylation is 1. The molecule has 0 unspecified atom stereocenters. The van der Waals surface area contributed by atoms with Crippen molar-refractivity contribution >= 4 is 28.8 Å². The van der Waals surface area contributed by atoms with Crippen LogP contribution in [0.4, 0.5) is 22.9 Å². The minimum absolute atomic E-state index is 0.102. The Morgan fingerprint density at radius 1 is 1.17 bits per heavy atom. The van der Waals surface area contributed by atoms with E-state index in [9.17, 15) is 4.79 Å². The molecule has 1 aromatic heterocycles. The quantitative estimate of drug-likeness (QED) is 0.848. The van der Waals surface area contributed by atoms with Gasteiger partial charge in [-0.15, -0.1) is 0 Å². The van der Waals surface area contributed by atoms with Crippen molar-refractivity contribution < 1.29 is 4.79 Å². The molecule has 0 aliphatic rings. The van der Waals surface area contributed by atoms with E-state index in [0.717, 1.165) is 24.6 Å². The molecule has 0 bridgehead atoms. The van der Waals surface area contributed by atoms with Gasteiger partial charge in [0.1, 0.15) is 5.82 Å². The van der Waals surface area contributed by atoms with E-state index >= 15 is 0 Å². The molecule has 1 amide bonds. The second kappa shape index (κ2) is 7.63. The number of hydrogen-bond donors (Lipinski definition) is 2. The highest BCUT2D eigenvalue weighted by Crippen LogP contribution is 2.25. The van der Waals surface area contributed by atoms with Crippen LogP contribution in [0.25, 0.3) is 0 Å². The third-order valence-corrected chi connectivity index (χ3v) is 3.69. The van der Waals surface area contributed by atoms with Gasteiger partial charge in [-0.1, -0.05) is 0 Å². The molecule has 0 aliphatic heterocycles. The van der Waals surface area contributed by atoms with E-state index in [1.165, 1.54) is 18.2 Å². The lowest BCUT2D eigenvalue weighted by atomic mass is 10.1. The van der Waals surface area contributed by atoms with Gasteiger partial charge in [-0.25, -0.2) is 4.98 Å². The SMILES string of the molecule is CCN(CC)c1ccc(Nc2ccc(NC(C)=O)cn2)c(C)c1. The number of pyridine rings is 1. The van der Waals surface area contributed by atoms with E-state index in [1.807, 2.05) is 12.1 Å². The predicted molar refractivity (Wildman–Crippen MR) is 96.6 cm³/mol. The van der Waals surface area contributed by atoms with Crippen molar-refractivity contribution in [3.63, 3.8) is 0 Å². The molecule has 122 valence electrons. The average molecular weight is 312 g/mol. The first-order valence-corrected chi connectivity index (χ1v) is 7.89. The van der Waals surface area contributed by atoms with Gasteiger partial charge in [-0.05, 0) is 56.7 Å². The Labute approximate surface area is 137 Å². The van der Waals surface area contributed by atoms with Crippen LogP contribution in [0.5, 0.6) is 0 Å². The van der Waals surface area contributed by atoms with Crippen molar-refractivity contribution in [3.05, 3.63) is 42.1 Å². The molecule has 0 saturated heterocycles. The Morgan fingerprint density at radius 3 is 2.43 bits per heavy atom. The van der Waals surface area contributed by atoms with E-state index in [2.05, 4.69) is 59.5 Å². The van der Waals surface area contributed by atoms with Crippen molar-refractivity contribution in [2.75, 3.05) is 28.6 Å². The fourth-order valence-electron chi connectivity index (χ4n) is 2.46. The lowest BCUT2D eigenvalue weighted by molar-refractivity contribution is -0.114. The first-order valence-electron chi connectivity index (χ1n) is 7.89. The first-order chi connectivity index (χ1) is 11.0. The largest absolute Gasteiger partial charge is 0.372 e. The van der Waals surface area contributed by atoms with Crippen molar-refractivity contribution in [3.8, 4) is 0 Å². The van der Waals surface area contributed by atoms with Crippen LogP contribution in [0.3, 0.4) is 0 Å². The minimum atomic E-state index is -0.102. The number of anilines is 4. The third kappa shape index (κ3) is 4.45. The van der Waals surface area contributed by atoms with Gasteiger partial charge in [0, 0.05) is 31.4 Å². The highest BCUT2D eigenvalue weighted by molar-refractivity contribution is 5.88. The first kappa shape index (κ1) is 16.8. The Hall–Kier alpha value is -2.56. The van der Waals surface area contributed by atoms with E-state index < -0.39 is 0 Å². The summed E-state index contributed by atoms with van der Waals surface area (Å²) in [6, 6.07) is 10.1. The molecule has 5 nitrogen and oxygen atoms in total. The van der Waals surface area contributed by atoms with Crippen LogP contribution in [-0.2, 0) is 4.79 Å². The van der Waals surface area contributed by atoms with Gasteiger partial charge in [-0.2, -0.15) is 0 Å². The normalized spacial score (nSPS) is 10.3. The molecule has 5 heteroatoms. The molecular weight excluding hydrogens is 288 g/mol. The summed E-state index contributed by atoms with van der Waals surface area (Å²) in [7, 11) is 0. The van der Waals surface area contributed by atoms with Gasteiger partial charge in [0.25, 0.3) is 0 Å². The van der Waals surface area contributed by atoms with Crippen molar-refractivity contribution in [2.24, 2.45) is 0 Å². The zero-order chi connectivity index (χ0) is 16.8. The maximum absolute atomic E-state index is 11.0. The van der Waals surface area contributed by atoms with E-state index in [1.54, 1.807) is 6.20 Å². The van der Waals surface area contributed by atoms with Crippen LogP contribution < -0.4 is 15.5 Å². The van der Waals surface area contributed by atoms with E-state index in [4.69, 9.17) is 0 Å². The third-order valence-electron chi connectivity index (χ3n) is 3.69. The van der Waals surface area contributed by atoms with Crippen molar-refractivity contribution in [1.82, 2.24) is 4.98 Å². The lowest BCUT2D eigenvalue weighted by Gasteiger charge is -2.22. The number of carbonyl (C=O) groups excluding carboxylic acids is 1. The number of carbonyl (C=O) groups is 1. The fraction of sp³-hybridized carbons (Fsp3) is 0.333. The molecule has 1 heterocycles. The number of rotatable bonds is 6. The summed E-state index contributed by atoms with van der Waals surface area (Å²) >= 11 is 0. The zero-order valence-corrected chi connectivity index (χ0v) is 14.2. The van der Waals surface area contributed by atoms with Crippen molar-refractivity contribution in [2.45, 2.75) is 27.7 Å². The highest BCUT2D eigenvalue weighted by atomic mass is 16.1. The number of benzene rings is 1. The molecule has 0 saturated carbocycles. The minimum Gasteiger partial charge on any atom is -0.372 e. The molecule has 2 N–H and O–H groups in total. The van der Waals surface area contributed by atoms with Crippen LogP contribution in [-0.4, -0.2) is 24.0 Å². The smallest absolute Gasteiger partial charge is 0.221 e. The lowest BCUT2D eigenvalue weighted by Crippen LogP contribution is -2.21. The molecule has 0 radical (unpaired) electrons. The van der Waals surface area contributed by atoms with Crippen molar-refractivity contribution in [1.29, 1.82) is 0 Å². The molecule has 0 fully saturated rings. The van der Waals surface area contributed by atoms with Crippen LogP contribution in [0, 0.1) is 6.92 Å². The molecule has 2 aromatic rings. The van der Waals surface area contributed by atoms with Crippen LogP contribution in [0.15, 0.2) is 36.5 Å². The summed E-state index contributed by atoms with van der Waals surface area (Å²) in [4.78, 5) is 17.7. The molecule has 23 heavy (non-hydrogen) atoms. The number of nitrogens with one attached hydrogen (secondary N) is 2. The van der Waals surface area contributed by atoms with Gasteiger partial charge in [0.2, 0.25) is 5.91 Å². The fourth-order valence-corrected chi connectivity index (χ4v) is 2.46. The monoisotopic (exact) mass is 312 g/mol. The Balaban J connectivity index is 2.12. The van der Waals surface area contributed by atoms with Crippen LogP contribution >= 0.6 is 0 Å². The number of amides is 1. The number of nitrogens with zero attached hydrogens (tertiary/aromatic N) is 2. The van der Waals surface area contributed by atoms with Crippen LogP contribution in [0.2, 0.25) is 0 Å². The van der Waals surface area contributed by atoms with Gasteiger partial charge < -0.3 is 15.5 Å². The summed E-state index contributed by atoms with van der Waals surface area (Å²) < 4.78 is 0. The topological polar surface area (TPSA) is 57.3 Å². The molecule has 0 atom stereocenters. The molecule has 0 aliphatic carbocycles. The zero-order valence-electron chi connectivity index (χ0n) is 14.2. The maximum Gasteiger partial charge on any atom is 0.221 e. The summed E-state index contributed by atoms with van der Waals surface area (Å²) in [5, 5.41) is 6.02. The number of aromatic nitrogens is 1. The Morgan fingerprint density at radius 2 is 1.91 bits per heavy atom. The standard InChI is InChI=1S/C18H24N4O/c1-5-22(6-2)16-8-9-17(13(3)11-16)21-18-10-7-15(12-19-18)20-14(4)23/h7-12H,5-6H2,1-4H3,(H,19,21)(H,20,23). The van der Waals surface area contributed by atoms with Gasteiger partial charge in [-0.3, -0.25) is 4.79 Å². The molecule has 1 aromatic carbocycles. The van der Waals surface area contributed by atoms with E-state index in [-0.39, 0.29) is 5.91 Å². The summed E-state index contributed by atoms with van der Waals surface area (Å²) in [6.07, 6.45) is 1.64. The summed E-state index contributed by atoms with van der Waals surface area (Å²) in [6.45, 7) is 9.87. The predicted octanol–water partition coefficient (Wildman–Crippen LogP) is 3.94. The van der Waals surface area contributed by atoms with Crippen LogP contribution in [0.1, 0.15) is 26.3 Å². The highest BCUT2D eigenvalue weighted by Gasteiger charge is 2.06. The summed E-state index contributed by atoms with van der Waals surface area (Å²) in [5.41, 5.74) is 4.12. The molecular formula is C18H24N4O. The average Bonchev–Trinajstić information content (AvgIpc) is 2.52. The Bertz CT molecular complexity index is 663. The molecule has 0 spiro atoms. The maximum atomic E-state index is 11.0. The van der Waals surface area contributed by atoms with E-state index in [0.29, 0.717) is 5.69 Å². The molecule has 2 rings (SSSR count). The van der Waals surface area contributed by atoms with Gasteiger partial charge >= 0.3 is 0 Å². The Kier molecular flexibility index (Phi) is 5.57. The number of hydrogen-bond acceptors (Lipinski definition) is 4.